The second-order valence-electron chi connectivity index (χ2n) is 7.23. The molecule has 7 nitrogen and oxygen atoms in total. The van der Waals surface area contributed by atoms with Gasteiger partial charge in [-0.2, -0.15) is 0 Å². The first-order chi connectivity index (χ1) is 16.0. The van der Waals surface area contributed by atoms with E-state index < -0.39 is 5.97 Å². The van der Waals surface area contributed by atoms with Crippen LogP contribution < -0.4 is 23.7 Å². The number of methoxy groups -OCH3 is 3. The van der Waals surface area contributed by atoms with E-state index in [1.54, 1.807) is 42.5 Å². The lowest BCUT2D eigenvalue weighted by Gasteiger charge is -2.14. The van der Waals surface area contributed by atoms with E-state index in [-0.39, 0.29) is 17.3 Å². The van der Waals surface area contributed by atoms with Crippen LogP contribution in [0.15, 0.2) is 60.4 Å². The zero-order valence-corrected chi connectivity index (χ0v) is 18.6. The Hall–Kier alpha value is -4.26. The average Bonchev–Trinajstić information content (AvgIpc) is 3.13. The SMILES string of the molecule is COc1ccc(C=C2Oc3cc(OC(=O)c4ccccc4C)ccc3C2=O)c(OC)c1OC. The van der Waals surface area contributed by atoms with E-state index in [1.807, 2.05) is 19.1 Å². The van der Waals surface area contributed by atoms with Crippen LogP contribution in [0.25, 0.3) is 6.08 Å². The van der Waals surface area contributed by atoms with Gasteiger partial charge < -0.3 is 23.7 Å². The van der Waals surface area contributed by atoms with Crippen molar-refractivity contribution in [3.8, 4) is 28.7 Å². The number of Topliss-reactive ketones (excluding diaryl/α,β-unsaturated/α-hetero) is 1. The van der Waals surface area contributed by atoms with Gasteiger partial charge in [0.25, 0.3) is 0 Å². The Morgan fingerprint density at radius 2 is 1.67 bits per heavy atom. The lowest BCUT2D eigenvalue weighted by Crippen LogP contribution is -2.10. The maximum Gasteiger partial charge on any atom is 0.343 e. The van der Waals surface area contributed by atoms with Crippen LogP contribution in [0, 0.1) is 6.92 Å². The van der Waals surface area contributed by atoms with Gasteiger partial charge in [-0.25, -0.2) is 4.79 Å². The van der Waals surface area contributed by atoms with Gasteiger partial charge in [-0.1, -0.05) is 18.2 Å². The van der Waals surface area contributed by atoms with Gasteiger partial charge in [-0.15, -0.1) is 0 Å². The molecule has 0 saturated carbocycles. The molecule has 0 radical (unpaired) electrons. The zero-order chi connectivity index (χ0) is 23.5. The summed E-state index contributed by atoms with van der Waals surface area (Å²) >= 11 is 0. The molecule has 0 atom stereocenters. The number of esters is 1. The molecule has 0 fully saturated rings. The lowest BCUT2D eigenvalue weighted by atomic mass is 10.1. The fourth-order valence-corrected chi connectivity index (χ4v) is 3.57. The summed E-state index contributed by atoms with van der Waals surface area (Å²) in [6, 6.07) is 15.3. The Kier molecular flexibility index (Phi) is 6.04. The van der Waals surface area contributed by atoms with Gasteiger partial charge in [0.2, 0.25) is 11.5 Å². The molecule has 0 bridgehead atoms. The highest BCUT2D eigenvalue weighted by atomic mass is 16.5. The van der Waals surface area contributed by atoms with E-state index in [1.165, 1.54) is 27.4 Å². The molecule has 1 aliphatic rings. The van der Waals surface area contributed by atoms with E-state index in [4.69, 9.17) is 23.7 Å². The number of carbonyl (C=O) groups is 2. The van der Waals surface area contributed by atoms with Gasteiger partial charge in [0.05, 0.1) is 32.5 Å². The normalized spacial score (nSPS) is 13.3. The van der Waals surface area contributed by atoms with Crippen molar-refractivity contribution in [2.45, 2.75) is 6.92 Å². The number of rotatable bonds is 6. The molecule has 0 spiro atoms. The minimum absolute atomic E-state index is 0.109. The third-order valence-electron chi connectivity index (χ3n) is 5.24. The summed E-state index contributed by atoms with van der Waals surface area (Å²) in [7, 11) is 4.53. The second-order valence-corrected chi connectivity index (χ2v) is 7.23. The van der Waals surface area contributed by atoms with Gasteiger partial charge in [0.1, 0.15) is 11.5 Å². The van der Waals surface area contributed by atoms with Crippen molar-refractivity contribution in [2.75, 3.05) is 21.3 Å². The molecule has 1 heterocycles. The largest absolute Gasteiger partial charge is 0.493 e. The predicted octanol–water partition coefficient (Wildman–Crippen LogP) is 4.86. The molecule has 33 heavy (non-hydrogen) atoms. The van der Waals surface area contributed by atoms with Crippen LogP contribution in [0.5, 0.6) is 28.7 Å². The highest BCUT2D eigenvalue weighted by molar-refractivity contribution is 6.14. The molecule has 0 saturated heterocycles. The molecule has 168 valence electrons. The number of aryl methyl sites for hydroxylation is 1. The number of carbonyl (C=O) groups excluding carboxylic acids is 2. The maximum atomic E-state index is 12.9. The molecule has 0 aliphatic carbocycles. The minimum Gasteiger partial charge on any atom is -0.493 e. The second kappa shape index (κ2) is 9.08. The minimum atomic E-state index is -0.483. The van der Waals surface area contributed by atoms with Crippen molar-refractivity contribution in [3.63, 3.8) is 0 Å². The maximum absolute atomic E-state index is 12.9. The molecule has 0 N–H and O–H groups in total. The monoisotopic (exact) mass is 446 g/mol. The summed E-state index contributed by atoms with van der Waals surface area (Å²) in [5.41, 5.74) is 2.23. The van der Waals surface area contributed by atoms with E-state index in [0.29, 0.717) is 39.7 Å². The number of ether oxygens (including phenoxy) is 5. The Bertz CT molecular complexity index is 1270. The third kappa shape index (κ3) is 4.13. The van der Waals surface area contributed by atoms with E-state index >= 15 is 0 Å². The quantitative estimate of drug-likeness (QED) is 0.304. The van der Waals surface area contributed by atoms with Crippen LogP contribution in [0.1, 0.15) is 31.8 Å². The number of ketones is 1. The number of hydrogen-bond donors (Lipinski definition) is 0. The fraction of sp³-hybridized carbons (Fsp3) is 0.154. The van der Waals surface area contributed by atoms with Crippen LogP contribution in [0.3, 0.4) is 0 Å². The van der Waals surface area contributed by atoms with Gasteiger partial charge in [-0.05, 0) is 48.9 Å². The van der Waals surface area contributed by atoms with Crippen LogP contribution in [0.4, 0.5) is 0 Å². The highest BCUT2D eigenvalue weighted by Gasteiger charge is 2.29. The summed E-state index contributed by atoms with van der Waals surface area (Å²) in [6.07, 6.45) is 1.57. The first-order valence-electron chi connectivity index (χ1n) is 10.1. The number of allylic oxidation sites excluding steroid dienone is 1. The van der Waals surface area contributed by atoms with E-state index in [9.17, 15) is 9.59 Å². The molecule has 0 aromatic heterocycles. The van der Waals surface area contributed by atoms with Crippen molar-refractivity contribution in [1.29, 1.82) is 0 Å². The summed E-state index contributed by atoms with van der Waals surface area (Å²) in [4.78, 5) is 25.4. The van der Waals surface area contributed by atoms with Crippen molar-refractivity contribution in [3.05, 3.63) is 82.6 Å². The van der Waals surface area contributed by atoms with Crippen LogP contribution in [-0.4, -0.2) is 33.1 Å². The van der Waals surface area contributed by atoms with E-state index in [2.05, 4.69) is 0 Å². The smallest absolute Gasteiger partial charge is 0.343 e. The van der Waals surface area contributed by atoms with Crippen molar-refractivity contribution >= 4 is 17.8 Å². The molecular formula is C26H22O7. The molecule has 0 unspecified atom stereocenters. The van der Waals surface area contributed by atoms with Gasteiger partial charge in [0.15, 0.2) is 17.3 Å². The molecule has 3 aromatic carbocycles. The molecule has 7 heteroatoms. The Morgan fingerprint density at radius 3 is 2.36 bits per heavy atom. The Morgan fingerprint density at radius 1 is 0.909 bits per heavy atom. The molecule has 3 aromatic rings. The fourth-order valence-electron chi connectivity index (χ4n) is 3.57. The molecule has 1 aliphatic heterocycles. The van der Waals surface area contributed by atoms with Gasteiger partial charge in [-0.3, -0.25) is 4.79 Å². The summed E-state index contributed by atoms with van der Waals surface area (Å²) < 4.78 is 27.4. The summed E-state index contributed by atoms with van der Waals surface area (Å²) in [5.74, 6) is 1.23. The molecule has 4 rings (SSSR count). The molecular weight excluding hydrogens is 424 g/mol. The average molecular weight is 446 g/mol. The summed E-state index contributed by atoms with van der Waals surface area (Å²) in [5, 5.41) is 0. The summed E-state index contributed by atoms with van der Waals surface area (Å²) in [6.45, 7) is 1.83. The lowest BCUT2D eigenvalue weighted by molar-refractivity contribution is 0.0733. The van der Waals surface area contributed by atoms with Crippen LogP contribution in [0.2, 0.25) is 0 Å². The van der Waals surface area contributed by atoms with Crippen LogP contribution >= 0.6 is 0 Å². The third-order valence-corrected chi connectivity index (χ3v) is 5.24. The highest BCUT2D eigenvalue weighted by Crippen LogP contribution is 2.42. The topological polar surface area (TPSA) is 80.3 Å². The van der Waals surface area contributed by atoms with Gasteiger partial charge >= 0.3 is 5.97 Å². The van der Waals surface area contributed by atoms with Crippen molar-refractivity contribution in [1.82, 2.24) is 0 Å². The first-order valence-corrected chi connectivity index (χ1v) is 10.1. The number of fused-ring (bicyclic) bond motifs is 1. The molecule has 0 amide bonds. The van der Waals surface area contributed by atoms with Crippen molar-refractivity contribution in [2.24, 2.45) is 0 Å². The number of benzene rings is 3. The van der Waals surface area contributed by atoms with Crippen molar-refractivity contribution < 1.29 is 33.3 Å². The standard InChI is InChI=1S/C26H22O7/c1-15-7-5-6-8-18(15)26(28)32-17-10-11-19-21(14-17)33-22(23(19)27)13-16-9-12-20(29-2)25(31-4)24(16)30-3/h5-14H,1-4H3. The van der Waals surface area contributed by atoms with E-state index in [0.717, 1.165) is 5.56 Å². The first kappa shape index (κ1) is 22.0. The van der Waals surface area contributed by atoms with Crippen LogP contribution in [-0.2, 0) is 0 Å². The Balaban J connectivity index is 1.61. The van der Waals surface area contributed by atoms with Gasteiger partial charge in [0, 0.05) is 11.6 Å². The number of hydrogen-bond acceptors (Lipinski definition) is 7. The Labute approximate surface area is 191 Å². The predicted molar refractivity (Wildman–Crippen MR) is 122 cm³/mol. The zero-order valence-electron chi connectivity index (χ0n) is 18.6.